The zero-order chi connectivity index (χ0) is 19.8. The van der Waals surface area contributed by atoms with Gasteiger partial charge in [0, 0.05) is 23.6 Å². The minimum atomic E-state index is -0.347. The van der Waals surface area contributed by atoms with Crippen molar-refractivity contribution >= 4 is 29.3 Å². The first kappa shape index (κ1) is 20.3. The van der Waals surface area contributed by atoms with Crippen LogP contribution in [0.1, 0.15) is 5.56 Å². The summed E-state index contributed by atoms with van der Waals surface area (Å²) in [6.07, 6.45) is 3.61. The Morgan fingerprint density at radius 1 is 1.07 bits per heavy atom. The van der Waals surface area contributed by atoms with Crippen molar-refractivity contribution in [1.29, 1.82) is 0 Å². The number of carbonyl (C=O) groups excluding carboxylic acids is 2. The molecule has 0 radical (unpaired) electrons. The molecule has 1 aliphatic heterocycles. The van der Waals surface area contributed by atoms with E-state index in [1.54, 1.807) is 12.4 Å². The highest BCUT2D eigenvalue weighted by Crippen LogP contribution is 2.10. The highest BCUT2D eigenvalue weighted by molar-refractivity contribution is 8.00. The smallest absolute Gasteiger partial charge is 0.234 e. The van der Waals surface area contributed by atoms with Gasteiger partial charge in [0.2, 0.25) is 11.8 Å². The number of aromatic nitrogens is 1. The number of rotatable bonds is 7. The number of piperazine rings is 1. The van der Waals surface area contributed by atoms with Gasteiger partial charge in [0.25, 0.3) is 0 Å². The van der Waals surface area contributed by atoms with E-state index in [0.717, 1.165) is 32.7 Å². The summed E-state index contributed by atoms with van der Waals surface area (Å²) < 4.78 is 12.9. The topological polar surface area (TPSA) is 66.7 Å². The molecule has 8 heteroatoms. The fraction of sp³-hybridized carbons (Fsp3) is 0.350. The monoisotopic (exact) mass is 403 g/mol. The fourth-order valence-electron chi connectivity index (χ4n) is 3.09. The van der Waals surface area contributed by atoms with Crippen LogP contribution in [0.2, 0.25) is 0 Å². The van der Waals surface area contributed by atoms with Crippen molar-refractivity contribution in [2.45, 2.75) is 6.54 Å². The lowest BCUT2D eigenvalue weighted by atomic mass is 10.2. The van der Waals surface area contributed by atoms with E-state index in [-0.39, 0.29) is 29.1 Å². The predicted molar refractivity (Wildman–Crippen MR) is 108 cm³/mol. The predicted octanol–water partition coefficient (Wildman–Crippen LogP) is 0.820. The zero-order valence-corrected chi connectivity index (χ0v) is 16.4. The van der Waals surface area contributed by atoms with Crippen molar-refractivity contribution in [3.8, 4) is 0 Å². The summed E-state index contributed by atoms with van der Waals surface area (Å²) in [5.74, 6) is 0.00615. The van der Waals surface area contributed by atoms with Gasteiger partial charge in [0.1, 0.15) is 12.4 Å². The first-order valence-corrected chi connectivity index (χ1v) is 10.4. The number of thioether (sulfide) groups is 1. The fourth-order valence-corrected chi connectivity index (χ4v) is 3.81. The number of halogens is 1. The maximum absolute atomic E-state index is 12.9. The number of hydrogen-bond donors (Lipinski definition) is 2. The van der Waals surface area contributed by atoms with E-state index < -0.39 is 0 Å². The number of quaternary nitrogens is 1. The van der Waals surface area contributed by atoms with E-state index >= 15 is 0 Å². The van der Waals surface area contributed by atoms with Crippen LogP contribution in [0.25, 0.3) is 0 Å². The lowest BCUT2D eigenvalue weighted by molar-refractivity contribution is -0.917. The molecule has 0 spiro atoms. The van der Waals surface area contributed by atoms with Gasteiger partial charge in [-0.25, -0.2) is 4.39 Å². The van der Waals surface area contributed by atoms with Gasteiger partial charge in [0.05, 0.1) is 37.7 Å². The number of nitrogens with one attached hydrogen (secondary N) is 2. The van der Waals surface area contributed by atoms with Gasteiger partial charge in [0.15, 0.2) is 0 Å². The molecule has 0 bridgehead atoms. The maximum Gasteiger partial charge on any atom is 0.234 e. The van der Waals surface area contributed by atoms with Crippen LogP contribution in [0.3, 0.4) is 0 Å². The van der Waals surface area contributed by atoms with E-state index in [9.17, 15) is 14.0 Å². The first-order chi connectivity index (χ1) is 13.6. The molecule has 1 aliphatic rings. The molecule has 0 unspecified atom stereocenters. The molecule has 148 valence electrons. The number of anilines is 1. The Bertz CT molecular complexity index is 781. The minimum absolute atomic E-state index is 0.0718. The summed E-state index contributed by atoms with van der Waals surface area (Å²) in [6.45, 7) is 4.26. The molecule has 6 nitrogen and oxygen atoms in total. The quantitative estimate of drug-likeness (QED) is 0.719. The standard InChI is InChI=1S/C20H23FN4O2S/c21-17-1-3-18(4-2-17)23-19(26)14-28-15-20(27)25-11-9-24(10-12-25)13-16-5-7-22-8-6-16/h1-8H,9-15H2,(H,23,26)/p+1. The summed E-state index contributed by atoms with van der Waals surface area (Å²) in [5, 5.41) is 2.69. The van der Waals surface area contributed by atoms with E-state index in [1.807, 2.05) is 17.0 Å². The average molecular weight is 404 g/mol. The van der Waals surface area contributed by atoms with Crippen LogP contribution < -0.4 is 10.2 Å². The largest absolute Gasteiger partial charge is 0.331 e. The van der Waals surface area contributed by atoms with Crippen LogP contribution in [-0.2, 0) is 16.1 Å². The second-order valence-electron chi connectivity index (χ2n) is 6.71. The molecule has 0 aliphatic carbocycles. The van der Waals surface area contributed by atoms with Crippen molar-refractivity contribution in [1.82, 2.24) is 9.88 Å². The third-order valence-electron chi connectivity index (χ3n) is 4.61. The molecular formula is C20H24FN4O2S+. The number of pyridine rings is 1. The van der Waals surface area contributed by atoms with Crippen molar-refractivity contribution in [2.24, 2.45) is 0 Å². The summed E-state index contributed by atoms with van der Waals surface area (Å²) in [5.41, 5.74) is 1.80. The molecule has 2 amide bonds. The molecule has 3 rings (SSSR count). The first-order valence-electron chi connectivity index (χ1n) is 9.23. The van der Waals surface area contributed by atoms with E-state index in [0.29, 0.717) is 5.69 Å². The Hall–Kier alpha value is -2.45. The van der Waals surface area contributed by atoms with Crippen molar-refractivity contribution in [3.05, 3.63) is 60.2 Å². The van der Waals surface area contributed by atoms with Crippen molar-refractivity contribution in [3.63, 3.8) is 0 Å². The average Bonchev–Trinajstić information content (AvgIpc) is 2.71. The van der Waals surface area contributed by atoms with Crippen LogP contribution >= 0.6 is 11.8 Å². The van der Waals surface area contributed by atoms with Crippen LogP contribution in [0.5, 0.6) is 0 Å². The molecule has 2 N–H and O–H groups in total. The SMILES string of the molecule is O=C(CSCC(=O)N1CC[NH+](Cc2ccncc2)CC1)Nc1ccc(F)cc1. The lowest BCUT2D eigenvalue weighted by Crippen LogP contribution is -3.13. The Kier molecular flexibility index (Phi) is 7.39. The molecule has 0 saturated carbocycles. The molecule has 0 atom stereocenters. The van der Waals surface area contributed by atoms with Crippen molar-refractivity contribution < 1.29 is 18.9 Å². The Morgan fingerprint density at radius 2 is 1.75 bits per heavy atom. The van der Waals surface area contributed by atoms with Gasteiger partial charge in [-0.2, -0.15) is 0 Å². The highest BCUT2D eigenvalue weighted by Gasteiger charge is 2.23. The van der Waals surface area contributed by atoms with Crippen LogP contribution in [0.4, 0.5) is 10.1 Å². The zero-order valence-electron chi connectivity index (χ0n) is 15.6. The van der Waals surface area contributed by atoms with Gasteiger partial charge in [-0.1, -0.05) is 0 Å². The van der Waals surface area contributed by atoms with E-state index in [4.69, 9.17) is 0 Å². The molecule has 2 aromatic rings. The van der Waals surface area contributed by atoms with Gasteiger partial charge in [-0.05, 0) is 36.4 Å². The summed E-state index contributed by atoms with van der Waals surface area (Å²) >= 11 is 1.30. The Morgan fingerprint density at radius 3 is 2.43 bits per heavy atom. The summed E-state index contributed by atoms with van der Waals surface area (Å²) in [4.78, 5) is 31.6. The van der Waals surface area contributed by atoms with E-state index in [2.05, 4.69) is 10.3 Å². The number of amides is 2. The lowest BCUT2D eigenvalue weighted by Gasteiger charge is -2.32. The van der Waals surface area contributed by atoms with Crippen LogP contribution in [0, 0.1) is 5.82 Å². The third kappa shape index (κ3) is 6.31. The van der Waals surface area contributed by atoms with Gasteiger partial charge < -0.3 is 15.1 Å². The van der Waals surface area contributed by atoms with Gasteiger partial charge >= 0.3 is 0 Å². The highest BCUT2D eigenvalue weighted by atomic mass is 32.2. The van der Waals surface area contributed by atoms with Crippen molar-refractivity contribution in [2.75, 3.05) is 43.0 Å². The number of benzene rings is 1. The third-order valence-corrected chi connectivity index (χ3v) is 5.53. The molecule has 28 heavy (non-hydrogen) atoms. The normalized spacial score (nSPS) is 14.7. The van der Waals surface area contributed by atoms with Crippen LogP contribution in [0.15, 0.2) is 48.8 Å². The molecule has 1 saturated heterocycles. The number of hydrogen-bond acceptors (Lipinski definition) is 4. The maximum atomic E-state index is 12.9. The summed E-state index contributed by atoms with van der Waals surface area (Å²) in [6, 6.07) is 9.66. The van der Waals surface area contributed by atoms with Gasteiger partial charge in [-0.3, -0.25) is 14.6 Å². The second kappa shape index (κ2) is 10.2. The number of nitrogens with zero attached hydrogens (tertiary/aromatic N) is 2. The molecule has 1 fully saturated rings. The van der Waals surface area contributed by atoms with Crippen LogP contribution in [-0.4, -0.2) is 59.4 Å². The molecule has 2 heterocycles. The van der Waals surface area contributed by atoms with Gasteiger partial charge in [-0.15, -0.1) is 11.8 Å². The van der Waals surface area contributed by atoms with E-state index in [1.165, 1.54) is 46.5 Å². The minimum Gasteiger partial charge on any atom is -0.331 e. The summed E-state index contributed by atoms with van der Waals surface area (Å²) in [7, 11) is 0. The molecule has 1 aromatic carbocycles. The Labute approximate surface area is 168 Å². The molecule has 1 aromatic heterocycles. The Balaban J connectivity index is 1.33. The number of carbonyl (C=O) groups is 2. The second-order valence-corrected chi connectivity index (χ2v) is 7.70. The molecular weight excluding hydrogens is 379 g/mol.